The van der Waals surface area contributed by atoms with E-state index in [-0.39, 0.29) is 7.92 Å². The van der Waals surface area contributed by atoms with Gasteiger partial charge < -0.3 is 4.90 Å². The number of rotatable bonds is 8. The van der Waals surface area contributed by atoms with E-state index in [9.17, 15) is 0 Å². The Morgan fingerprint density at radius 2 is 1.75 bits per heavy atom. The standard InChI is InChI=1S/C18H38NP/c1-8-9-11-15(4)20(14(2)3)18-13-10-12-17(18)16(5)19(6)7/h14-18H,8-13H2,1-7H3/t15-,16-,17+,18+,20+/m1/s1. The molecular formula is C18H38NP. The fourth-order valence-electron chi connectivity index (χ4n) is 4.15. The van der Waals surface area contributed by atoms with E-state index in [4.69, 9.17) is 0 Å². The van der Waals surface area contributed by atoms with Crippen molar-refractivity contribution < 1.29 is 0 Å². The highest BCUT2D eigenvalue weighted by molar-refractivity contribution is 7.59. The van der Waals surface area contributed by atoms with Crippen molar-refractivity contribution in [3.05, 3.63) is 0 Å². The number of hydrogen-bond acceptors (Lipinski definition) is 1. The van der Waals surface area contributed by atoms with Gasteiger partial charge in [0.15, 0.2) is 0 Å². The highest BCUT2D eigenvalue weighted by Crippen LogP contribution is 2.59. The molecule has 0 aliphatic heterocycles. The first-order valence-corrected chi connectivity index (χ1v) is 10.4. The van der Waals surface area contributed by atoms with E-state index in [1.807, 2.05) is 0 Å². The molecule has 0 heterocycles. The molecule has 0 aromatic rings. The summed E-state index contributed by atoms with van der Waals surface area (Å²) >= 11 is 0. The minimum atomic E-state index is 0.183. The van der Waals surface area contributed by atoms with Crippen LogP contribution < -0.4 is 0 Å². The molecule has 0 saturated heterocycles. The molecule has 1 aliphatic rings. The summed E-state index contributed by atoms with van der Waals surface area (Å²) in [4.78, 5) is 2.45. The molecule has 1 fully saturated rings. The lowest BCUT2D eigenvalue weighted by Crippen LogP contribution is -2.37. The Morgan fingerprint density at radius 3 is 2.25 bits per heavy atom. The van der Waals surface area contributed by atoms with Gasteiger partial charge in [0.1, 0.15) is 0 Å². The Labute approximate surface area is 129 Å². The van der Waals surface area contributed by atoms with Gasteiger partial charge in [-0.3, -0.25) is 0 Å². The lowest BCUT2D eigenvalue weighted by Gasteiger charge is -2.40. The molecule has 0 bridgehead atoms. The Kier molecular flexibility index (Phi) is 8.06. The average molecular weight is 299 g/mol. The van der Waals surface area contributed by atoms with Gasteiger partial charge >= 0.3 is 0 Å². The van der Waals surface area contributed by atoms with E-state index in [2.05, 4.69) is 53.6 Å². The Bertz CT molecular complexity index is 264. The van der Waals surface area contributed by atoms with Crippen LogP contribution in [-0.2, 0) is 0 Å². The zero-order valence-electron chi connectivity index (χ0n) is 15.0. The van der Waals surface area contributed by atoms with Crippen molar-refractivity contribution in [2.45, 2.75) is 96.2 Å². The maximum atomic E-state index is 2.55. The van der Waals surface area contributed by atoms with Crippen LogP contribution in [0, 0.1) is 5.92 Å². The lowest BCUT2D eigenvalue weighted by atomic mass is 9.98. The second-order valence-corrected chi connectivity index (χ2v) is 10.9. The van der Waals surface area contributed by atoms with Crippen molar-refractivity contribution in [3.63, 3.8) is 0 Å². The van der Waals surface area contributed by atoms with Crippen LogP contribution in [0.15, 0.2) is 0 Å². The summed E-state index contributed by atoms with van der Waals surface area (Å²) in [5, 5.41) is 0. The third kappa shape index (κ3) is 4.70. The number of nitrogens with zero attached hydrogens (tertiary/aromatic N) is 1. The van der Waals surface area contributed by atoms with Crippen LogP contribution in [-0.4, -0.2) is 42.0 Å². The van der Waals surface area contributed by atoms with E-state index < -0.39 is 0 Å². The van der Waals surface area contributed by atoms with Gasteiger partial charge in [-0.05, 0) is 63.2 Å². The molecule has 0 amide bonds. The van der Waals surface area contributed by atoms with Crippen molar-refractivity contribution in [2.75, 3.05) is 14.1 Å². The van der Waals surface area contributed by atoms with Crippen LogP contribution in [0.4, 0.5) is 0 Å². The summed E-state index contributed by atoms with van der Waals surface area (Å²) in [6.45, 7) is 12.3. The molecule has 0 N–H and O–H groups in total. The zero-order valence-corrected chi connectivity index (χ0v) is 15.9. The predicted octanol–water partition coefficient (Wildman–Crippen LogP) is 5.57. The Morgan fingerprint density at radius 1 is 1.10 bits per heavy atom. The first kappa shape index (κ1) is 18.4. The van der Waals surface area contributed by atoms with E-state index >= 15 is 0 Å². The van der Waals surface area contributed by atoms with E-state index in [1.165, 1.54) is 38.5 Å². The van der Waals surface area contributed by atoms with Gasteiger partial charge in [0, 0.05) is 6.04 Å². The van der Waals surface area contributed by atoms with E-state index in [1.54, 1.807) is 0 Å². The summed E-state index contributed by atoms with van der Waals surface area (Å²) < 4.78 is 0. The average Bonchev–Trinajstić information content (AvgIpc) is 2.83. The van der Waals surface area contributed by atoms with Crippen molar-refractivity contribution >= 4 is 7.92 Å². The second-order valence-electron chi connectivity index (χ2n) is 7.40. The fourth-order valence-corrected chi connectivity index (χ4v) is 8.39. The minimum Gasteiger partial charge on any atom is -0.306 e. The minimum absolute atomic E-state index is 0.183. The normalized spacial score (nSPS) is 28.1. The molecule has 0 aromatic heterocycles. The smallest absolute Gasteiger partial charge is 0.00951 e. The van der Waals surface area contributed by atoms with Gasteiger partial charge in [-0.1, -0.05) is 54.9 Å². The van der Waals surface area contributed by atoms with Gasteiger partial charge in [0.05, 0.1) is 0 Å². The molecule has 120 valence electrons. The quantitative estimate of drug-likeness (QED) is 0.529. The number of unbranched alkanes of at least 4 members (excludes halogenated alkanes) is 1. The van der Waals surface area contributed by atoms with Crippen LogP contribution >= 0.6 is 7.92 Å². The third-order valence-corrected chi connectivity index (χ3v) is 9.31. The summed E-state index contributed by atoms with van der Waals surface area (Å²) in [7, 11) is 4.71. The fraction of sp³-hybridized carbons (Fsp3) is 1.00. The van der Waals surface area contributed by atoms with Gasteiger partial charge in [-0.2, -0.15) is 0 Å². The van der Waals surface area contributed by atoms with Gasteiger partial charge in [-0.25, -0.2) is 0 Å². The zero-order chi connectivity index (χ0) is 15.3. The van der Waals surface area contributed by atoms with E-state index in [0.717, 1.165) is 28.9 Å². The molecule has 2 heteroatoms. The summed E-state index contributed by atoms with van der Waals surface area (Å²) in [6.07, 6.45) is 8.68. The molecule has 1 nitrogen and oxygen atoms in total. The molecule has 0 spiro atoms. The molecule has 1 saturated carbocycles. The summed E-state index contributed by atoms with van der Waals surface area (Å²) in [6, 6.07) is 0.754. The van der Waals surface area contributed by atoms with Crippen molar-refractivity contribution in [3.8, 4) is 0 Å². The van der Waals surface area contributed by atoms with Crippen LogP contribution in [0.25, 0.3) is 0 Å². The first-order chi connectivity index (χ1) is 9.40. The Hall–Kier alpha value is 0.390. The molecule has 0 aromatic carbocycles. The van der Waals surface area contributed by atoms with Crippen LogP contribution in [0.3, 0.4) is 0 Å². The molecule has 0 unspecified atom stereocenters. The van der Waals surface area contributed by atoms with Crippen molar-refractivity contribution in [1.82, 2.24) is 4.90 Å². The molecule has 1 aliphatic carbocycles. The maximum absolute atomic E-state index is 2.55. The Balaban J connectivity index is 2.79. The van der Waals surface area contributed by atoms with E-state index in [0.29, 0.717) is 0 Å². The maximum Gasteiger partial charge on any atom is 0.00951 e. The SMILES string of the molecule is CCCC[C@@H](C)[P@](C(C)C)[C@H]1CCC[C@H]1[C@@H](C)N(C)C. The van der Waals surface area contributed by atoms with Crippen LogP contribution in [0.5, 0.6) is 0 Å². The summed E-state index contributed by atoms with van der Waals surface area (Å²) in [5.74, 6) is 0.947. The molecule has 0 radical (unpaired) electrons. The van der Waals surface area contributed by atoms with Gasteiger partial charge in [-0.15, -0.1) is 0 Å². The van der Waals surface area contributed by atoms with Crippen molar-refractivity contribution in [1.29, 1.82) is 0 Å². The predicted molar refractivity (Wildman–Crippen MR) is 95.3 cm³/mol. The molecule has 1 rings (SSSR count). The monoisotopic (exact) mass is 299 g/mol. The lowest BCUT2D eigenvalue weighted by molar-refractivity contribution is 0.231. The molecule has 5 atom stereocenters. The highest BCUT2D eigenvalue weighted by atomic mass is 31.1. The largest absolute Gasteiger partial charge is 0.306 e. The van der Waals surface area contributed by atoms with Crippen LogP contribution in [0.1, 0.15) is 73.1 Å². The highest BCUT2D eigenvalue weighted by Gasteiger charge is 2.39. The summed E-state index contributed by atoms with van der Waals surface area (Å²) in [5.41, 5.74) is 2.89. The molecule has 20 heavy (non-hydrogen) atoms. The third-order valence-electron chi connectivity index (χ3n) is 5.43. The molecular weight excluding hydrogens is 261 g/mol. The second kappa shape index (κ2) is 8.74. The van der Waals surface area contributed by atoms with Gasteiger partial charge in [0.25, 0.3) is 0 Å². The van der Waals surface area contributed by atoms with Gasteiger partial charge in [0.2, 0.25) is 0 Å². The topological polar surface area (TPSA) is 3.24 Å². The first-order valence-electron chi connectivity index (χ1n) is 8.84. The number of hydrogen-bond donors (Lipinski definition) is 0. The van der Waals surface area contributed by atoms with Crippen LogP contribution in [0.2, 0.25) is 0 Å². The van der Waals surface area contributed by atoms with Crippen molar-refractivity contribution in [2.24, 2.45) is 5.92 Å².